The summed E-state index contributed by atoms with van der Waals surface area (Å²) in [6, 6.07) is 11.0. The lowest BCUT2D eigenvalue weighted by atomic mass is 10.0. The molecular formula is C26H22ClF3N4O3. The number of H-pyrrole nitrogens is 1. The highest BCUT2D eigenvalue weighted by atomic mass is 35.5. The van der Waals surface area contributed by atoms with Crippen LogP contribution in [0.2, 0.25) is 5.02 Å². The Hall–Kier alpha value is -3.89. The molecule has 7 nitrogen and oxygen atoms in total. The zero-order valence-corrected chi connectivity index (χ0v) is 20.8. The Morgan fingerprint density at radius 1 is 1.03 bits per heavy atom. The first-order chi connectivity index (χ1) is 17.5. The predicted octanol–water partition coefficient (Wildman–Crippen LogP) is 6.50. The number of benzene rings is 3. The van der Waals surface area contributed by atoms with Gasteiger partial charge in [-0.3, -0.25) is 9.59 Å². The molecule has 0 unspecified atom stereocenters. The summed E-state index contributed by atoms with van der Waals surface area (Å²) in [6.07, 6.45) is -4.52. The Morgan fingerprint density at radius 3 is 2.43 bits per heavy atom. The Balaban J connectivity index is 1.70. The second kappa shape index (κ2) is 10.2. The maximum atomic E-state index is 13.3. The number of nitrogens with one attached hydrogen (secondary N) is 3. The number of hydrogen-bond donors (Lipinski definition) is 3. The van der Waals surface area contributed by atoms with Crippen molar-refractivity contribution in [2.24, 2.45) is 0 Å². The van der Waals surface area contributed by atoms with E-state index < -0.39 is 23.6 Å². The van der Waals surface area contributed by atoms with E-state index in [1.165, 1.54) is 20.1 Å². The smallest absolute Gasteiger partial charge is 0.377 e. The number of carbonyl (C=O) groups is 2. The number of amides is 2. The van der Waals surface area contributed by atoms with E-state index in [0.29, 0.717) is 33.1 Å². The van der Waals surface area contributed by atoms with E-state index in [9.17, 15) is 22.8 Å². The summed E-state index contributed by atoms with van der Waals surface area (Å²) in [7, 11) is 1.50. The Labute approximate surface area is 215 Å². The van der Waals surface area contributed by atoms with E-state index in [1.807, 2.05) is 0 Å². The second-order valence-corrected chi connectivity index (χ2v) is 8.79. The number of aromatic nitrogens is 2. The van der Waals surface area contributed by atoms with Gasteiger partial charge in [-0.05, 0) is 67.4 Å². The maximum Gasteiger partial charge on any atom is 0.416 e. The highest BCUT2D eigenvalue weighted by molar-refractivity contribution is 6.31. The number of rotatable bonds is 6. The van der Waals surface area contributed by atoms with Gasteiger partial charge in [0, 0.05) is 29.1 Å². The monoisotopic (exact) mass is 530 g/mol. The van der Waals surface area contributed by atoms with Gasteiger partial charge in [-0.25, -0.2) is 4.98 Å². The Kier molecular flexibility index (Phi) is 7.24. The molecule has 37 heavy (non-hydrogen) atoms. The number of anilines is 2. The van der Waals surface area contributed by atoms with E-state index in [2.05, 4.69) is 20.6 Å². The molecule has 0 saturated heterocycles. The van der Waals surface area contributed by atoms with Crippen LogP contribution in [0.5, 0.6) is 0 Å². The second-order valence-electron chi connectivity index (χ2n) is 8.38. The Bertz CT molecular complexity index is 1520. The lowest BCUT2D eigenvalue weighted by molar-refractivity contribution is -0.137. The van der Waals surface area contributed by atoms with Crippen LogP contribution in [0.15, 0.2) is 48.5 Å². The molecule has 0 saturated carbocycles. The van der Waals surface area contributed by atoms with E-state index in [4.69, 9.17) is 16.3 Å². The number of methoxy groups -OCH3 is 1. The number of carbonyl (C=O) groups excluding carboxylic acids is 2. The number of hydrogen-bond acceptors (Lipinski definition) is 4. The van der Waals surface area contributed by atoms with Crippen molar-refractivity contribution in [3.63, 3.8) is 0 Å². The van der Waals surface area contributed by atoms with Crippen LogP contribution in [0.3, 0.4) is 0 Å². The molecule has 0 radical (unpaired) electrons. The van der Waals surface area contributed by atoms with Crippen molar-refractivity contribution in [2.45, 2.75) is 26.6 Å². The molecule has 4 aromatic rings. The van der Waals surface area contributed by atoms with Gasteiger partial charge in [-0.2, -0.15) is 13.2 Å². The average molecular weight is 531 g/mol. The summed E-state index contributed by atoms with van der Waals surface area (Å²) in [5, 5.41) is 5.97. The quantitative estimate of drug-likeness (QED) is 0.265. The number of nitrogens with zero attached hydrogens (tertiary/aromatic N) is 1. The van der Waals surface area contributed by atoms with E-state index in [-0.39, 0.29) is 29.0 Å². The summed E-state index contributed by atoms with van der Waals surface area (Å²) in [6.45, 7) is 3.35. The summed E-state index contributed by atoms with van der Waals surface area (Å²) >= 11 is 6.17. The predicted molar refractivity (Wildman–Crippen MR) is 135 cm³/mol. The van der Waals surface area contributed by atoms with Crippen LogP contribution < -0.4 is 10.6 Å². The van der Waals surface area contributed by atoms with Gasteiger partial charge in [0.1, 0.15) is 17.9 Å². The molecule has 0 fully saturated rings. The minimum Gasteiger partial charge on any atom is -0.377 e. The Morgan fingerprint density at radius 2 is 1.76 bits per heavy atom. The molecule has 0 spiro atoms. The summed E-state index contributed by atoms with van der Waals surface area (Å²) in [4.78, 5) is 33.7. The first kappa shape index (κ1) is 26.2. The van der Waals surface area contributed by atoms with Gasteiger partial charge in [-0.1, -0.05) is 17.7 Å². The number of alkyl halides is 3. The average Bonchev–Trinajstić information content (AvgIpc) is 3.23. The van der Waals surface area contributed by atoms with Crippen LogP contribution >= 0.6 is 11.6 Å². The third-order valence-corrected chi connectivity index (χ3v) is 6.14. The van der Waals surface area contributed by atoms with Crippen LogP contribution in [0.1, 0.15) is 43.2 Å². The highest BCUT2D eigenvalue weighted by Crippen LogP contribution is 2.31. The molecule has 3 aromatic carbocycles. The molecule has 3 N–H and O–H groups in total. The van der Waals surface area contributed by atoms with E-state index in [0.717, 1.165) is 18.2 Å². The van der Waals surface area contributed by atoms with Gasteiger partial charge in [0.05, 0.1) is 16.6 Å². The molecule has 0 aliphatic carbocycles. The van der Waals surface area contributed by atoms with Crippen molar-refractivity contribution in [3.05, 3.63) is 87.2 Å². The molecule has 192 valence electrons. The van der Waals surface area contributed by atoms with Crippen molar-refractivity contribution in [1.82, 2.24) is 9.97 Å². The third kappa shape index (κ3) is 5.60. The van der Waals surface area contributed by atoms with Crippen LogP contribution in [0, 0.1) is 13.8 Å². The first-order valence-electron chi connectivity index (χ1n) is 11.0. The molecule has 0 atom stereocenters. The van der Waals surface area contributed by atoms with Gasteiger partial charge in [-0.15, -0.1) is 0 Å². The van der Waals surface area contributed by atoms with Crippen LogP contribution in [-0.2, 0) is 17.5 Å². The van der Waals surface area contributed by atoms with E-state index in [1.54, 1.807) is 31.2 Å². The zero-order chi connectivity index (χ0) is 26.9. The fourth-order valence-electron chi connectivity index (χ4n) is 3.84. The van der Waals surface area contributed by atoms with Crippen LogP contribution in [0.4, 0.5) is 24.5 Å². The minimum absolute atomic E-state index is 0.0679. The molecule has 4 rings (SSSR count). The third-order valence-electron chi connectivity index (χ3n) is 5.73. The normalized spacial score (nSPS) is 11.5. The SMILES string of the molecule is COCc1nc2c(C(=O)Nc3cccc(Cl)c3C)cc(NC(=O)c3ccc(C(F)(F)F)cc3C)cc2[nH]1. The fraction of sp³-hybridized carbons (Fsp3) is 0.192. The van der Waals surface area contributed by atoms with Crippen molar-refractivity contribution in [2.75, 3.05) is 17.7 Å². The largest absolute Gasteiger partial charge is 0.416 e. The van der Waals surface area contributed by atoms with Gasteiger partial charge < -0.3 is 20.4 Å². The van der Waals surface area contributed by atoms with Gasteiger partial charge in [0.2, 0.25) is 0 Å². The topological polar surface area (TPSA) is 96.1 Å². The number of ether oxygens (including phenoxy) is 1. The lowest BCUT2D eigenvalue weighted by Gasteiger charge is -2.13. The number of fused-ring (bicyclic) bond motifs is 1. The van der Waals surface area contributed by atoms with Crippen molar-refractivity contribution in [3.8, 4) is 0 Å². The number of imidazole rings is 1. The standard InChI is InChI=1S/C26H22ClF3N4O3/c1-13-9-15(26(28,29)30)7-8-17(13)24(35)31-16-10-18(23-21(11-16)32-22(34-23)12-37-3)25(36)33-20-6-4-5-19(27)14(20)2/h4-11H,12H2,1-3H3,(H,31,35)(H,32,34)(H,33,36). The molecule has 0 aliphatic heterocycles. The van der Waals surface area contributed by atoms with Gasteiger partial charge >= 0.3 is 6.18 Å². The maximum absolute atomic E-state index is 13.3. The van der Waals surface area contributed by atoms with Crippen molar-refractivity contribution in [1.29, 1.82) is 0 Å². The summed E-state index contributed by atoms with van der Waals surface area (Å²) in [5.74, 6) is -0.653. The molecular weight excluding hydrogens is 509 g/mol. The lowest BCUT2D eigenvalue weighted by Crippen LogP contribution is -2.17. The number of halogens is 4. The van der Waals surface area contributed by atoms with Crippen LogP contribution in [-0.4, -0.2) is 28.9 Å². The van der Waals surface area contributed by atoms with Gasteiger partial charge in [0.15, 0.2) is 0 Å². The summed E-state index contributed by atoms with van der Waals surface area (Å²) in [5.41, 5.74) is 1.79. The number of aromatic amines is 1. The van der Waals surface area contributed by atoms with Crippen LogP contribution in [0.25, 0.3) is 11.0 Å². The fourth-order valence-corrected chi connectivity index (χ4v) is 4.02. The molecule has 11 heteroatoms. The summed E-state index contributed by atoms with van der Waals surface area (Å²) < 4.78 is 44.2. The van der Waals surface area contributed by atoms with E-state index >= 15 is 0 Å². The first-order valence-corrected chi connectivity index (χ1v) is 11.4. The molecule has 1 aromatic heterocycles. The molecule has 0 bridgehead atoms. The van der Waals surface area contributed by atoms with Gasteiger partial charge in [0.25, 0.3) is 11.8 Å². The molecule has 2 amide bonds. The van der Waals surface area contributed by atoms with Crippen molar-refractivity contribution >= 4 is 45.8 Å². The zero-order valence-electron chi connectivity index (χ0n) is 20.0. The molecule has 0 aliphatic rings. The molecule has 1 heterocycles. The minimum atomic E-state index is -4.52. The highest BCUT2D eigenvalue weighted by Gasteiger charge is 2.31. The van der Waals surface area contributed by atoms with Crippen molar-refractivity contribution < 1.29 is 27.5 Å². The number of aryl methyl sites for hydroxylation is 1.